The lowest BCUT2D eigenvalue weighted by Crippen LogP contribution is -2.36. The first-order chi connectivity index (χ1) is 10.9. The van der Waals surface area contributed by atoms with Crippen molar-refractivity contribution in [2.75, 3.05) is 19.3 Å². The Balaban J connectivity index is 1.61. The number of benzene rings is 1. The maximum Gasteiger partial charge on any atom is 0.208 e. The summed E-state index contributed by atoms with van der Waals surface area (Å²) in [5, 5.41) is 4.29. The van der Waals surface area contributed by atoms with Gasteiger partial charge in [0.2, 0.25) is 10.0 Å². The standard InChI is InChI=1S/C15H19FN4O2S/c1-23(21,22)18-14-6-7-19(11-14)9-12-8-17-20(10-12)15-4-2-13(16)3-5-15/h2-5,8,10,14,18H,6-7,9,11H2,1H3/t14-/m0/s1. The Morgan fingerprint density at radius 3 is 2.78 bits per heavy atom. The average molecular weight is 338 g/mol. The molecule has 3 rings (SSSR count). The van der Waals surface area contributed by atoms with Crippen molar-refractivity contribution in [1.82, 2.24) is 19.4 Å². The van der Waals surface area contributed by atoms with Crippen LogP contribution in [0.4, 0.5) is 4.39 Å². The van der Waals surface area contributed by atoms with Crippen molar-refractivity contribution in [3.05, 3.63) is 48.0 Å². The van der Waals surface area contributed by atoms with Gasteiger partial charge in [-0.3, -0.25) is 4.90 Å². The van der Waals surface area contributed by atoms with Gasteiger partial charge in [-0.25, -0.2) is 22.2 Å². The number of nitrogens with zero attached hydrogens (tertiary/aromatic N) is 3. The number of sulfonamides is 1. The number of likely N-dealkylation sites (tertiary alicyclic amines) is 1. The molecule has 0 aliphatic carbocycles. The molecule has 0 bridgehead atoms. The lowest BCUT2D eigenvalue weighted by atomic mass is 10.3. The van der Waals surface area contributed by atoms with Crippen molar-refractivity contribution in [1.29, 1.82) is 0 Å². The van der Waals surface area contributed by atoms with E-state index >= 15 is 0 Å². The molecule has 1 N–H and O–H groups in total. The first kappa shape index (κ1) is 16.1. The second-order valence-corrected chi connectivity index (χ2v) is 7.66. The van der Waals surface area contributed by atoms with E-state index in [0.717, 1.165) is 24.2 Å². The summed E-state index contributed by atoms with van der Waals surface area (Å²) in [5.41, 5.74) is 1.84. The first-order valence-electron chi connectivity index (χ1n) is 7.38. The molecule has 1 aromatic heterocycles. The molecule has 2 heterocycles. The topological polar surface area (TPSA) is 67.2 Å². The maximum absolute atomic E-state index is 12.9. The Morgan fingerprint density at radius 2 is 2.09 bits per heavy atom. The molecule has 1 fully saturated rings. The van der Waals surface area contributed by atoms with Crippen LogP contribution in [-0.2, 0) is 16.6 Å². The maximum atomic E-state index is 12.9. The summed E-state index contributed by atoms with van der Waals surface area (Å²) in [5.74, 6) is -0.275. The van der Waals surface area contributed by atoms with E-state index in [1.165, 1.54) is 18.4 Å². The van der Waals surface area contributed by atoms with E-state index in [-0.39, 0.29) is 11.9 Å². The Kier molecular flexibility index (Phi) is 4.47. The van der Waals surface area contributed by atoms with Gasteiger partial charge < -0.3 is 0 Å². The Morgan fingerprint density at radius 1 is 1.35 bits per heavy atom. The summed E-state index contributed by atoms with van der Waals surface area (Å²) in [6.45, 7) is 2.24. The van der Waals surface area contributed by atoms with Gasteiger partial charge in [0.15, 0.2) is 0 Å². The molecule has 1 aromatic carbocycles. The minimum Gasteiger partial charge on any atom is -0.297 e. The largest absolute Gasteiger partial charge is 0.297 e. The van der Waals surface area contributed by atoms with Gasteiger partial charge in [0.25, 0.3) is 0 Å². The van der Waals surface area contributed by atoms with Crippen LogP contribution in [0, 0.1) is 5.82 Å². The molecule has 8 heteroatoms. The van der Waals surface area contributed by atoms with Gasteiger partial charge in [-0.1, -0.05) is 0 Å². The van der Waals surface area contributed by atoms with E-state index in [0.29, 0.717) is 13.1 Å². The molecular weight excluding hydrogens is 319 g/mol. The van der Waals surface area contributed by atoms with E-state index in [9.17, 15) is 12.8 Å². The van der Waals surface area contributed by atoms with E-state index in [1.807, 2.05) is 6.20 Å². The second kappa shape index (κ2) is 6.38. The Bertz CT molecular complexity index is 773. The highest BCUT2D eigenvalue weighted by atomic mass is 32.2. The molecule has 0 radical (unpaired) electrons. The zero-order chi connectivity index (χ0) is 16.4. The van der Waals surface area contributed by atoms with Gasteiger partial charge in [-0.15, -0.1) is 0 Å². The Labute approximate surface area is 135 Å². The number of halogens is 1. The molecule has 6 nitrogen and oxygen atoms in total. The molecule has 23 heavy (non-hydrogen) atoms. The van der Waals surface area contributed by atoms with E-state index in [1.54, 1.807) is 23.0 Å². The van der Waals surface area contributed by atoms with Crippen LogP contribution in [0.25, 0.3) is 5.69 Å². The van der Waals surface area contributed by atoms with Gasteiger partial charge in [0, 0.05) is 37.4 Å². The lowest BCUT2D eigenvalue weighted by Gasteiger charge is -2.15. The quantitative estimate of drug-likeness (QED) is 0.888. The summed E-state index contributed by atoms with van der Waals surface area (Å²) >= 11 is 0. The SMILES string of the molecule is CS(=O)(=O)N[C@H]1CCN(Cc2cnn(-c3ccc(F)cc3)c2)C1. The predicted molar refractivity (Wildman–Crippen MR) is 85.2 cm³/mol. The number of hydrogen-bond donors (Lipinski definition) is 1. The highest BCUT2D eigenvalue weighted by molar-refractivity contribution is 7.88. The van der Waals surface area contributed by atoms with Gasteiger partial charge in [0.05, 0.1) is 18.1 Å². The summed E-state index contributed by atoms with van der Waals surface area (Å²) in [6.07, 6.45) is 5.67. The highest BCUT2D eigenvalue weighted by Gasteiger charge is 2.24. The summed E-state index contributed by atoms with van der Waals surface area (Å²) < 4.78 is 39.8. The third kappa shape index (κ3) is 4.37. The summed E-state index contributed by atoms with van der Waals surface area (Å²) in [7, 11) is -3.16. The monoisotopic (exact) mass is 338 g/mol. The minimum absolute atomic E-state index is 0.0304. The third-order valence-electron chi connectivity index (χ3n) is 3.79. The molecule has 0 spiro atoms. The van der Waals surface area contributed by atoms with E-state index < -0.39 is 10.0 Å². The zero-order valence-electron chi connectivity index (χ0n) is 12.8. The molecule has 0 amide bonds. The van der Waals surface area contributed by atoms with E-state index in [4.69, 9.17) is 0 Å². The molecule has 1 aliphatic rings. The van der Waals surface area contributed by atoms with Crippen LogP contribution in [0.3, 0.4) is 0 Å². The van der Waals surface area contributed by atoms with Crippen LogP contribution in [0.5, 0.6) is 0 Å². The second-order valence-electron chi connectivity index (χ2n) is 5.88. The van der Waals surface area contributed by atoms with Crippen LogP contribution in [0.1, 0.15) is 12.0 Å². The molecule has 1 aliphatic heterocycles. The van der Waals surface area contributed by atoms with Gasteiger partial charge in [-0.05, 0) is 30.7 Å². The van der Waals surface area contributed by atoms with Crippen molar-refractivity contribution in [2.24, 2.45) is 0 Å². The molecule has 1 atom stereocenters. The van der Waals surface area contributed by atoms with Crippen LogP contribution in [-0.4, -0.2) is 48.5 Å². The molecule has 2 aromatic rings. The summed E-state index contributed by atoms with van der Waals surface area (Å²) in [4.78, 5) is 2.19. The molecule has 124 valence electrons. The smallest absolute Gasteiger partial charge is 0.208 e. The Hall–Kier alpha value is -1.77. The number of rotatable bonds is 5. The van der Waals surface area contributed by atoms with Crippen LogP contribution in [0.2, 0.25) is 0 Å². The number of nitrogens with one attached hydrogen (secondary N) is 1. The first-order valence-corrected chi connectivity index (χ1v) is 9.27. The van der Waals surface area contributed by atoms with Gasteiger partial charge in [-0.2, -0.15) is 5.10 Å². The van der Waals surface area contributed by atoms with Crippen molar-refractivity contribution in [3.63, 3.8) is 0 Å². The third-order valence-corrected chi connectivity index (χ3v) is 4.55. The lowest BCUT2D eigenvalue weighted by molar-refractivity contribution is 0.324. The minimum atomic E-state index is -3.16. The number of hydrogen-bond acceptors (Lipinski definition) is 4. The normalized spacial score (nSPS) is 19.3. The highest BCUT2D eigenvalue weighted by Crippen LogP contribution is 2.15. The van der Waals surface area contributed by atoms with Crippen molar-refractivity contribution in [3.8, 4) is 5.69 Å². The van der Waals surface area contributed by atoms with Gasteiger partial charge in [0.1, 0.15) is 5.82 Å². The van der Waals surface area contributed by atoms with Crippen LogP contribution >= 0.6 is 0 Å². The van der Waals surface area contributed by atoms with Gasteiger partial charge >= 0.3 is 0 Å². The fourth-order valence-corrected chi connectivity index (χ4v) is 3.61. The zero-order valence-corrected chi connectivity index (χ0v) is 13.6. The van der Waals surface area contributed by atoms with Crippen molar-refractivity contribution in [2.45, 2.75) is 19.0 Å². The number of aromatic nitrogens is 2. The predicted octanol–water partition coefficient (Wildman–Crippen LogP) is 1.13. The summed E-state index contributed by atoms with van der Waals surface area (Å²) in [6, 6.07) is 6.12. The molecular formula is C15H19FN4O2S. The molecule has 1 saturated heterocycles. The van der Waals surface area contributed by atoms with Crippen LogP contribution in [0.15, 0.2) is 36.7 Å². The molecule has 0 saturated carbocycles. The van der Waals surface area contributed by atoms with Crippen LogP contribution < -0.4 is 4.72 Å². The fourth-order valence-electron chi connectivity index (χ4n) is 2.81. The van der Waals surface area contributed by atoms with E-state index in [2.05, 4.69) is 14.7 Å². The average Bonchev–Trinajstić information content (AvgIpc) is 3.08. The molecule has 0 unspecified atom stereocenters. The van der Waals surface area contributed by atoms with Crippen molar-refractivity contribution < 1.29 is 12.8 Å². The van der Waals surface area contributed by atoms with Crippen molar-refractivity contribution >= 4 is 10.0 Å². The fraction of sp³-hybridized carbons (Fsp3) is 0.400.